The third kappa shape index (κ3) is 4.35. The van der Waals surface area contributed by atoms with Crippen molar-refractivity contribution in [2.75, 3.05) is 18.4 Å². The number of carbonyl (C=O) groups is 1. The fourth-order valence-electron chi connectivity index (χ4n) is 2.20. The molecule has 3 heteroatoms. The van der Waals surface area contributed by atoms with Gasteiger partial charge in [-0.05, 0) is 36.6 Å². The van der Waals surface area contributed by atoms with E-state index in [1.807, 2.05) is 37.3 Å². The van der Waals surface area contributed by atoms with E-state index in [4.69, 9.17) is 0 Å². The predicted octanol–water partition coefficient (Wildman–Crippen LogP) is 3.65. The topological polar surface area (TPSA) is 41.1 Å². The van der Waals surface area contributed by atoms with Crippen LogP contribution >= 0.6 is 0 Å². The molecule has 3 nitrogen and oxygen atoms in total. The molecule has 0 aliphatic rings. The molecule has 1 unspecified atom stereocenters. The Morgan fingerprint density at radius 1 is 1.10 bits per heavy atom. The monoisotopic (exact) mass is 282 g/mol. The van der Waals surface area contributed by atoms with Crippen LogP contribution in [0.5, 0.6) is 0 Å². The molecule has 21 heavy (non-hydrogen) atoms. The second-order valence-electron chi connectivity index (χ2n) is 5.13. The molecule has 0 aliphatic carbocycles. The van der Waals surface area contributed by atoms with Crippen LogP contribution in [-0.4, -0.2) is 19.0 Å². The second-order valence-corrected chi connectivity index (χ2v) is 5.13. The van der Waals surface area contributed by atoms with Gasteiger partial charge >= 0.3 is 0 Å². The molecule has 0 aliphatic heterocycles. The van der Waals surface area contributed by atoms with Gasteiger partial charge in [0.15, 0.2) is 0 Å². The number of anilines is 1. The maximum Gasteiger partial charge on any atom is 0.251 e. The Bertz CT molecular complexity index is 581. The van der Waals surface area contributed by atoms with Gasteiger partial charge in [-0.2, -0.15) is 0 Å². The SMILES string of the molecule is CCNC(=O)c1cccc(NCC(C)c2ccccc2)c1. The summed E-state index contributed by atoms with van der Waals surface area (Å²) in [5, 5.41) is 6.21. The number of rotatable bonds is 6. The number of hydrogen-bond acceptors (Lipinski definition) is 2. The van der Waals surface area contributed by atoms with Gasteiger partial charge in [-0.3, -0.25) is 4.79 Å². The summed E-state index contributed by atoms with van der Waals surface area (Å²) >= 11 is 0. The molecule has 0 saturated heterocycles. The first-order valence-corrected chi connectivity index (χ1v) is 7.37. The molecule has 0 fully saturated rings. The first-order chi connectivity index (χ1) is 10.2. The molecule has 2 rings (SSSR count). The molecule has 2 aromatic rings. The van der Waals surface area contributed by atoms with Gasteiger partial charge in [-0.15, -0.1) is 0 Å². The zero-order valence-electron chi connectivity index (χ0n) is 12.6. The summed E-state index contributed by atoms with van der Waals surface area (Å²) in [6, 6.07) is 18.0. The Morgan fingerprint density at radius 3 is 2.57 bits per heavy atom. The highest BCUT2D eigenvalue weighted by Crippen LogP contribution is 2.17. The highest BCUT2D eigenvalue weighted by atomic mass is 16.1. The highest BCUT2D eigenvalue weighted by Gasteiger charge is 2.07. The molecule has 0 saturated carbocycles. The van der Waals surface area contributed by atoms with Crippen LogP contribution < -0.4 is 10.6 Å². The summed E-state index contributed by atoms with van der Waals surface area (Å²) < 4.78 is 0. The van der Waals surface area contributed by atoms with E-state index in [1.54, 1.807) is 0 Å². The maximum absolute atomic E-state index is 11.8. The van der Waals surface area contributed by atoms with Crippen molar-refractivity contribution in [2.45, 2.75) is 19.8 Å². The fraction of sp³-hybridized carbons (Fsp3) is 0.278. The van der Waals surface area contributed by atoms with E-state index in [9.17, 15) is 4.79 Å². The number of nitrogens with one attached hydrogen (secondary N) is 2. The Labute approximate surface area is 126 Å². The number of carbonyl (C=O) groups excluding carboxylic acids is 1. The van der Waals surface area contributed by atoms with Crippen LogP contribution in [0.25, 0.3) is 0 Å². The third-order valence-corrected chi connectivity index (χ3v) is 3.44. The lowest BCUT2D eigenvalue weighted by atomic mass is 10.0. The van der Waals surface area contributed by atoms with Crippen molar-refractivity contribution in [2.24, 2.45) is 0 Å². The minimum Gasteiger partial charge on any atom is -0.384 e. The average molecular weight is 282 g/mol. The molecule has 0 spiro atoms. The highest BCUT2D eigenvalue weighted by molar-refractivity contribution is 5.95. The average Bonchev–Trinajstić information content (AvgIpc) is 2.54. The number of hydrogen-bond donors (Lipinski definition) is 2. The summed E-state index contributed by atoms with van der Waals surface area (Å²) in [7, 11) is 0. The molecule has 0 heterocycles. The largest absolute Gasteiger partial charge is 0.384 e. The molecule has 0 aromatic heterocycles. The molecule has 1 atom stereocenters. The van der Waals surface area contributed by atoms with Crippen molar-refractivity contribution in [3.05, 3.63) is 65.7 Å². The number of amides is 1. The van der Waals surface area contributed by atoms with E-state index in [1.165, 1.54) is 5.56 Å². The van der Waals surface area contributed by atoms with E-state index >= 15 is 0 Å². The van der Waals surface area contributed by atoms with Gasteiger partial charge in [0.1, 0.15) is 0 Å². The van der Waals surface area contributed by atoms with Crippen LogP contribution in [0.1, 0.15) is 35.7 Å². The van der Waals surface area contributed by atoms with Crippen molar-refractivity contribution < 1.29 is 4.79 Å². The smallest absolute Gasteiger partial charge is 0.251 e. The molecule has 110 valence electrons. The maximum atomic E-state index is 11.8. The Balaban J connectivity index is 1.97. The lowest BCUT2D eigenvalue weighted by Gasteiger charge is -2.14. The van der Waals surface area contributed by atoms with E-state index in [-0.39, 0.29) is 5.91 Å². The Morgan fingerprint density at radius 2 is 1.86 bits per heavy atom. The minimum absolute atomic E-state index is 0.0303. The van der Waals surface area contributed by atoms with Crippen LogP contribution in [0.3, 0.4) is 0 Å². The minimum atomic E-state index is -0.0303. The van der Waals surface area contributed by atoms with Gasteiger partial charge in [0.25, 0.3) is 5.91 Å². The van der Waals surface area contributed by atoms with Crippen LogP contribution in [0.15, 0.2) is 54.6 Å². The van der Waals surface area contributed by atoms with Gasteiger partial charge < -0.3 is 10.6 Å². The lowest BCUT2D eigenvalue weighted by Crippen LogP contribution is -2.22. The molecule has 0 radical (unpaired) electrons. The molecule has 0 bridgehead atoms. The standard InChI is InChI=1S/C18H22N2O/c1-3-19-18(21)16-10-7-11-17(12-16)20-13-14(2)15-8-5-4-6-9-15/h4-12,14,20H,3,13H2,1-2H3,(H,19,21). The quantitative estimate of drug-likeness (QED) is 0.849. The molecule has 2 N–H and O–H groups in total. The second kappa shape index (κ2) is 7.48. The molecule has 2 aromatic carbocycles. The van der Waals surface area contributed by atoms with Crippen LogP contribution in [0.2, 0.25) is 0 Å². The van der Waals surface area contributed by atoms with Crippen molar-refractivity contribution in [1.29, 1.82) is 0 Å². The summed E-state index contributed by atoms with van der Waals surface area (Å²) in [4.78, 5) is 11.8. The van der Waals surface area contributed by atoms with Crippen molar-refractivity contribution in [3.63, 3.8) is 0 Å². The Hall–Kier alpha value is -2.29. The summed E-state index contributed by atoms with van der Waals surface area (Å²) in [5.41, 5.74) is 2.97. The van der Waals surface area contributed by atoms with Gasteiger partial charge in [-0.25, -0.2) is 0 Å². The lowest BCUT2D eigenvalue weighted by molar-refractivity contribution is 0.0956. The zero-order chi connectivity index (χ0) is 15.1. The predicted molar refractivity (Wildman–Crippen MR) is 87.8 cm³/mol. The van der Waals surface area contributed by atoms with E-state index < -0.39 is 0 Å². The van der Waals surface area contributed by atoms with Crippen LogP contribution in [0.4, 0.5) is 5.69 Å². The summed E-state index contributed by atoms with van der Waals surface area (Å²) in [5.74, 6) is 0.386. The first kappa shape index (κ1) is 15.1. The molecular formula is C18H22N2O. The molecular weight excluding hydrogens is 260 g/mol. The third-order valence-electron chi connectivity index (χ3n) is 3.44. The van der Waals surface area contributed by atoms with Crippen molar-refractivity contribution in [1.82, 2.24) is 5.32 Å². The van der Waals surface area contributed by atoms with Crippen molar-refractivity contribution >= 4 is 11.6 Å². The van der Waals surface area contributed by atoms with Crippen LogP contribution in [0, 0.1) is 0 Å². The van der Waals surface area contributed by atoms with Crippen molar-refractivity contribution in [3.8, 4) is 0 Å². The van der Waals surface area contributed by atoms with E-state index in [0.717, 1.165) is 12.2 Å². The van der Waals surface area contributed by atoms with E-state index in [0.29, 0.717) is 18.0 Å². The normalized spacial score (nSPS) is 11.7. The van der Waals surface area contributed by atoms with Gasteiger partial charge in [0.05, 0.1) is 0 Å². The van der Waals surface area contributed by atoms with E-state index in [2.05, 4.69) is 41.8 Å². The zero-order valence-corrected chi connectivity index (χ0v) is 12.6. The summed E-state index contributed by atoms with van der Waals surface area (Å²) in [6.45, 7) is 5.59. The van der Waals surface area contributed by atoms with Gasteiger partial charge in [0, 0.05) is 24.3 Å². The first-order valence-electron chi connectivity index (χ1n) is 7.37. The number of benzene rings is 2. The molecule has 1 amide bonds. The fourth-order valence-corrected chi connectivity index (χ4v) is 2.20. The summed E-state index contributed by atoms with van der Waals surface area (Å²) in [6.07, 6.45) is 0. The van der Waals surface area contributed by atoms with Gasteiger partial charge in [-0.1, -0.05) is 43.3 Å². The van der Waals surface area contributed by atoms with Crippen LogP contribution in [-0.2, 0) is 0 Å². The Kier molecular flexibility index (Phi) is 5.38. The van der Waals surface area contributed by atoms with Gasteiger partial charge in [0.2, 0.25) is 0 Å².